The van der Waals surface area contributed by atoms with E-state index in [9.17, 15) is 13.2 Å². The molecule has 3 aromatic rings. The summed E-state index contributed by atoms with van der Waals surface area (Å²) < 4.78 is 31.7. The zero-order valence-corrected chi connectivity index (χ0v) is 15.6. The Labute approximate surface area is 166 Å². The molecule has 0 aliphatic rings. The van der Waals surface area contributed by atoms with E-state index in [0.717, 1.165) is 10.9 Å². The molecule has 0 saturated carbocycles. The average Bonchev–Trinajstić information content (AvgIpc) is 2.60. The molecule has 0 saturated heterocycles. The molecular formula is C16H12Cl2F3N5O2. The van der Waals surface area contributed by atoms with Crippen LogP contribution in [0, 0.1) is 0 Å². The van der Waals surface area contributed by atoms with Crippen LogP contribution in [-0.4, -0.2) is 39.3 Å². The van der Waals surface area contributed by atoms with Crippen LogP contribution in [0.3, 0.4) is 0 Å². The topological polar surface area (TPSA) is 114 Å². The van der Waals surface area contributed by atoms with Gasteiger partial charge in [0.15, 0.2) is 5.65 Å². The number of rotatable bonds is 2. The zero-order chi connectivity index (χ0) is 21.1. The van der Waals surface area contributed by atoms with E-state index >= 15 is 0 Å². The predicted molar refractivity (Wildman–Crippen MR) is 100 cm³/mol. The van der Waals surface area contributed by atoms with Crippen LogP contribution < -0.4 is 11.1 Å². The number of carbonyl (C=O) groups is 1. The summed E-state index contributed by atoms with van der Waals surface area (Å²) in [4.78, 5) is 21.7. The molecule has 2 aromatic heterocycles. The standard InChI is InChI=1S/C14H11Cl2N5.C2HF3O2/c1-18-12-9-4-5-11(19-13(9)21-14(17)20-12)8-3-2-7(15)6-10(8)16;3-2(4,5)1(6)7/h2-6H,1H3,(H3,17,18,19,20,21);(H,6,7). The van der Waals surface area contributed by atoms with Gasteiger partial charge >= 0.3 is 12.1 Å². The Morgan fingerprint density at radius 3 is 2.32 bits per heavy atom. The molecule has 0 aliphatic carbocycles. The molecule has 0 unspecified atom stereocenters. The second kappa shape index (κ2) is 8.44. The van der Waals surface area contributed by atoms with Crippen LogP contribution in [0.2, 0.25) is 10.0 Å². The lowest BCUT2D eigenvalue weighted by atomic mass is 10.1. The molecule has 0 aliphatic heterocycles. The molecule has 7 nitrogen and oxygen atoms in total. The van der Waals surface area contributed by atoms with Gasteiger partial charge in [-0.2, -0.15) is 23.1 Å². The molecular weight excluding hydrogens is 422 g/mol. The SMILES string of the molecule is CNc1nc(N)nc2nc(-c3ccc(Cl)cc3Cl)ccc12.O=C(O)C(F)(F)F. The van der Waals surface area contributed by atoms with Gasteiger partial charge in [0.1, 0.15) is 5.82 Å². The molecule has 0 spiro atoms. The smallest absolute Gasteiger partial charge is 0.475 e. The fraction of sp³-hybridized carbons (Fsp3) is 0.125. The Kier molecular flexibility index (Phi) is 6.47. The first kappa shape index (κ1) is 21.5. The second-order valence-corrected chi connectivity index (χ2v) is 6.02. The Hall–Kier alpha value is -2.85. The third kappa shape index (κ3) is 5.11. The number of pyridine rings is 1. The summed E-state index contributed by atoms with van der Waals surface area (Å²) in [5, 5.41) is 12.0. The van der Waals surface area contributed by atoms with E-state index in [-0.39, 0.29) is 5.95 Å². The van der Waals surface area contributed by atoms with E-state index in [2.05, 4.69) is 20.3 Å². The minimum atomic E-state index is -5.08. The predicted octanol–water partition coefficient (Wildman–Crippen LogP) is 4.26. The van der Waals surface area contributed by atoms with Crippen LogP contribution in [0.1, 0.15) is 0 Å². The quantitative estimate of drug-likeness (QED) is 0.553. The number of nitrogens with zero attached hydrogens (tertiary/aromatic N) is 3. The summed E-state index contributed by atoms with van der Waals surface area (Å²) in [6.45, 7) is 0. The summed E-state index contributed by atoms with van der Waals surface area (Å²) in [5.41, 5.74) is 7.68. The van der Waals surface area contributed by atoms with Crippen molar-refractivity contribution in [3.05, 3.63) is 40.4 Å². The van der Waals surface area contributed by atoms with Crippen LogP contribution in [0.5, 0.6) is 0 Å². The van der Waals surface area contributed by atoms with E-state index < -0.39 is 12.1 Å². The van der Waals surface area contributed by atoms with Gasteiger partial charge in [-0.05, 0) is 30.3 Å². The third-order valence-electron chi connectivity index (χ3n) is 3.26. The minimum absolute atomic E-state index is 0.165. The highest BCUT2D eigenvalue weighted by Crippen LogP contribution is 2.31. The van der Waals surface area contributed by atoms with Crippen molar-refractivity contribution >= 4 is 52.0 Å². The van der Waals surface area contributed by atoms with Crippen LogP contribution in [0.15, 0.2) is 30.3 Å². The molecule has 28 heavy (non-hydrogen) atoms. The molecule has 12 heteroatoms. The number of nitrogen functional groups attached to an aromatic ring is 1. The Balaban J connectivity index is 0.000000345. The maximum absolute atomic E-state index is 10.6. The number of carboxylic acid groups (broad SMARTS) is 1. The molecule has 1 aromatic carbocycles. The maximum Gasteiger partial charge on any atom is 0.490 e. The van der Waals surface area contributed by atoms with Crippen molar-refractivity contribution in [2.75, 3.05) is 18.1 Å². The van der Waals surface area contributed by atoms with E-state index in [1.54, 1.807) is 19.2 Å². The summed E-state index contributed by atoms with van der Waals surface area (Å²) in [7, 11) is 1.77. The van der Waals surface area contributed by atoms with Gasteiger partial charge in [0.2, 0.25) is 5.95 Å². The summed E-state index contributed by atoms with van der Waals surface area (Å²) >= 11 is 12.1. The van der Waals surface area contributed by atoms with Crippen molar-refractivity contribution in [2.45, 2.75) is 6.18 Å². The van der Waals surface area contributed by atoms with Crippen molar-refractivity contribution in [3.63, 3.8) is 0 Å². The van der Waals surface area contributed by atoms with Crippen LogP contribution in [0.25, 0.3) is 22.3 Å². The molecule has 0 fully saturated rings. The van der Waals surface area contributed by atoms with E-state index in [1.807, 2.05) is 18.2 Å². The normalized spacial score (nSPS) is 10.9. The second-order valence-electron chi connectivity index (χ2n) is 5.18. The molecule has 4 N–H and O–H groups in total. The van der Waals surface area contributed by atoms with E-state index in [4.69, 9.17) is 38.8 Å². The van der Waals surface area contributed by atoms with Gasteiger partial charge in [0.25, 0.3) is 0 Å². The molecule has 0 bridgehead atoms. The molecule has 2 heterocycles. The van der Waals surface area contributed by atoms with E-state index in [0.29, 0.717) is 27.2 Å². The number of aliphatic carboxylic acids is 1. The van der Waals surface area contributed by atoms with Gasteiger partial charge < -0.3 is 16.2 Å². The fourth-order valence-electron chi connectivity index (χ4n) is 2.06. The number of benzene rings is 1. The number of nitrogens with two attached hydrogens (primary N) is 1. The van der Waals surface area contributed by atoms with Gasteiger partial charge in [0.05, 0.1) is 16.1 Å². The summed E-state index contributed by atoms with van der Waals surface area (Å²) in [6, 6.07) is 9.01. The van der Waals surface area contributed by atoms with Crippen LogP contribution in [-0.2, 0) is 4.79 Å². The summed E-state index contributed by atoms with van der Waals surface area (Å²) in [5.74, 6) is -1.95. The molecule has 0 amide bonds. The van der Waals surface area contributed by atoms with Crippen LogP contribution in [0.4, 0.5) is 24.9 Å². The minimum Gasteiger partial charge on any atom is -0.475 e. The van der Waals surface area contributed by atoms with Crippen molar-refractivity contribution in [1.29, 1.82) is 0 Å². The Bertz CT molecular complexity index is 1030. The maximum atomic E-state index is 10.6. The van der Waals surface area contributed by atoms with E-state index in [1.165, 1.54) is 0 Å². The number of fused-ring (bicyclic) bond motifs is 1. The fourth-order valence-corrected chi connectivity index (χ4v) is 2.57. The molecule has 3 rings (SSSR count). The number of aromatic nitrogens is 3. The van der Waals surface area contributed by atoms with Crippen molar-refractivity contribution in [2.24, 2.45) is 0 Å². The monoisotopic (exact) mass is 433 g/mol. The van der Waals surface area contributed by atoms with Crippen molar-refractivity contribution in [1.82, 2.24) is 15.0 Å². The van der Waals surface area contributed by atoms with Gasteiger partial charge in [-0.15, -0.1) is 0 Å². The molecule has 148 valence electrons. The summed E-state index contributed by atoms with van der Waals surface area (Å²) in [6.07, 6.45) is -5.08. The highest BCUT2D eigenvalue weighted by molar-refractivity contribution is 6.36. The highest BCUT2D eigenvalue weighted by atomic mass is 35.5. The Morgan fingerprint density at radius 2 is 1.79 bits per heavy atom. The van der Waals surface area contributed by atoms with Crippen LogP contribution >= 0.6 is 23.2 Å². The average molecular weight is 434 g/mol. The lowest BCUT2D eigenvalue weighted by Crippen LogP contribution is -2.21. The zero-order valence-electron chi connectivity index (χ0n) is 14.1. The first-order valence-corrected chi connectivity index (χ1v) is 8.16. The number of hydrogen-bond acceptors (Lipinski definition) is 6. The highest BCUT2D eigenvalue weighted by Gasteiger charge is 2.38. The molecule has 0 radical (unpaired) electrons. The van der Waals surface area contributed by atoms with Gasteiger partial charge in [-0.1, -0.05) is 23.2 Å². The lowest BCUT2D eigenvalue weighted by molar-refractivity contribution is -0.192. The first-order chi connectivity index (χ1) is 13.0. The number of carboxylic acids is 1. The number of alkyl halides is 3. The largest absolute Gasteiger partial charge is 0.490 e. The Morgan fingerprint density at radius 1 is 1.14 bits per heavy atom. The number of anilines is 2. The third-order valence-corrected chi connectivity index (χ3v) is 3.81. The lowest BCUT2D eigenvalue weighted by Gasteiger charge is -2.08. The first-order valence-electron chi connectivity index (χ1n) is 7.40. The van der Waals surface area contributed by atoms with Crippen molar-refractivity contribution in [3.8, 4) is 11.3 Å². The van der Waals surface area contributed by atoms with Gasteiger partial charge in [-0.3, -0.25) is 0 Å². The van der Waals surface area contributed by atoms with Gasteiger partial charge in [-0.25, -0.2) is 9.78 Å². The molecule has 0 atom stereocenters. The van der Waals surface area contributed by atoms with Crippen molar-refractivity contribution < 1.29 is 23.1 Å². The number of hydrogen-bond donors (Lipinski definition) is 3. The van der Waals surface area contributed by atoms with Gasteiger partial charge in [0, 0.05) is 17.6 Å². The number of nitrogens with one attached hydrogen (secondary N) is 1. The number of halogens is 5.